The Balaban J connectivity index is 1.55. The van der Waals surface area contributed by atoms with Crippen molar-refractivity contribution in [2.75, 3.05) is 24.4 Å². The number of aliphatic hydroxyl groups excluding tert-OH is 1. The molecule has 3 heterocycles. The first-order valence-corrected chi connectivity index (χ1v) is 14.0. The maximum Gasteiger partial charge on any atom is 0.340 e. The van der Waals surface area contributed by atoms with Crippen molar-refractivity contribution in [1.29, 1.82) is 0 Å². The van der Waals surface area contributed by atoms with Crippen molar-refractivity contribution >= 4 is 38.3 Å². The quantitative estimate of drug-likeness (QED) is 0.257. The Morgan fingerprint density at radius 2 is 2.00 bits per heavy atom. The van der Waals surface area contributed by atoms with Gasteiger partial charge < -0.3 is 39.5 Å². The number of fused-ring (bicyclic) bond motifs is 1. The topological polar surface area (TPSA) is 209 Å². The largest absolute Gasteiger partial charge is 0.387 e. The lowest BCUT2D eigenvalue weighted by Gasteiger charge is -2.26. The van der Waals surface area contributed by atoms with E-state index in [1.807, 2.05) is 0 Å². The van der Waals surface area contributed by atoms with Crippen molar-refractivity contribution in [3.8, 4) is 0 Å². The van der Waals surface area contributed by atoms with Crippen molar-refractivity contribution in [1.82, 2.24) is 19.6 Å². The van der Waals surface area contributed by atoms with E-state index in [2.05, 4.69) is 20.4 Å². The van der Waals surface area contributed by atoms with Crippen molar-refractivity contribution in [3.63, 3.8) is 0 Å². The third-order valence-corrected chi connectivity index (χ3v) is 9.25. The van der Waals surface area contributed by atoms with E-state index in [9.17, 15) is 24.2 Å². The van der Waals surface area contributed by atoms with Crippen LogP contribution in [0.15, 0.2) is 6.20 Å². The zero-order valence-corrected chi connectivity index (χ0v) is 19.7. The molecule has 2 fully saturated rings. The SMILES string of the molecule is O=P(O)(O)CP(=O)(O)OC[C@H]1OCC(O)(c2cnc3c(NC4CCCC4)nc(Cl)nn23)C1O. The second kappa shape index (κ2) is 9.12. The van der Waals surface area contributed by atoms with Gasteiger partial charge in [-0.3, -0.25) is 9.13 Å². The highest BCUT2D eigenvalue weighted by Gasteiger charge is 2.52. The molecule has 1 saturated carbocycles. The van der Waals surface area contributed by atoms with Crippen LogP contribution in [0.5, 0.6) is 0 Å². The molecule has 4 rings (SSSR count). The van der Waals surface area contributed by atoms with Crippen LogP contribution in [0.4, 0.5) is 5.82 Å². The fraction of sp³-hybridized carbons (Fsp3) is 0.688. The van der Waals surface area contributed by atoms with Crippen LogP contribution in [-0.4, -0.2) is 81.8 Å². The number of aliphatic hydroxyl groups is 2. The lowest BCUT2D eigenvalue weighted by molar-refractivity contribution is -0.0624. The highest BCUT2D eigenvalue weighted by Crippen LogP contribution is 2.55. The van der Waals surface area contributed by atoms with Crippen LogP contribution < -0.4 is 5.32 Å². The second-order valence-electron chi connectivity index (χ2n) is 8.19. The molecule has 0 amide bonds. The fourth-order valence-electron chi connectivity index (χ4n) is 4.06. The number of rotatable bonds is 8. The minimum atomic E-state index is -4.81. The molecule has 0 aromatic carbocycles. The molecular formula is C16H24ClN5O9P2. The first-order chi connectivity index (χ1) is 15.4. The second-order valence-corrected chi connectivity index (χ2v) is 12.5. The lowest BCUT2D eigenvalue weighted by Crippen LogP contribution is -2.43. The van der Waals surface area contributed by atoms with Crippen LogP contribution in [0.1, 0.15) is 31.4 Å². The Morgan fingerprint density at radius 3 is 2.67 bits per heavy atom. The minimum Gasteiger partial charge on any atom is -0.387 e. The minimum absolute atomic E-state index is 0.0497. The van der Waals surface area contributed by atoms with Crippen molar-refractivity contribution in [3.05, 3.63) is 17.2 Å². The number of ether oxygens (including phenoxy) is 1. The maximum atomic E-state index is 11.9. The molecule has 6 N–H and O–H groups in total. The van der Waals surface area contributed by atoms with Gasteiger partial charge in [0, 0.05) is 6.04 Å². The Hall–Kier alpha value is -1.18. The lowest BCUT2D eigenvalue weighted by atomic mass is 9.93. The molecule has 184 valence electrons. The van der Waals surface area contributed by atoms with E-state index < -0.39 is 52.1 Å². The van der Waals surface area contributed by atoms with E-state index in [0.29, 0.717) is 5.82 Å². The van der Waals surface area contributed by atoms with E-state index >= 15 is 0 Å². The number of hydrogen-bond acceptors (Lipinski definition) is 10. The summed E-state index contributed by atoms with van der Waals surface area (Å²) in [5.74, 6) is -1.00. The number of halogens is 1. The monoisotopic (exact) mass is 527 g/mol. The Labute approximate surface area is 192 Å². The molecule has 2 aromatic rings. The molecule has 17 heteroatoms. The summed E-state index contributed by atoms with van der Waals surface area (Å²) in [7, 11) is -9.47. The molecule has 0 radical (unpaired) electrons. The van der Waals surface area contributed by atoms with Crippen LogP contribution in [0, 0.1) is 0 Å². The van der Waals surface area contributed by atoms with Crippen molar-refractivity contribution < 1.29 is 43.3 Å². The van der Waals surface area contributed by atoms with E-state index in [0.717, 1.165) is 25.7 Å². The zero-order chi connectivity index (χ0) is 24.0. The molecule has 3 unspecified atom stereocenters. The van der Waals surface area contributed by atoms with E-state index in [1.54, 1.807) is 0 Å². The highest BCUT2D eigenvalue weighted by atomic mass is 35.5. The molecule has 1 aliphatic heterocycles. The molecule has 0 spiro atoms. The summed E-state index contributed by atoms with van der Waals surface area (Å²) in [6.07, 6.45) is 2.49. The maximum absolute atomic E-state index is 11.9. The molecule has 33 heavy (non-hydrogen) atoms. The van der Waals surface area contributed by atoms with Crippen molar-refractivity contribution in [2.45, 2.75) is 49.5 Å². The summed E-state index contributed by atoms with van der Waals surface area (Å²) < 4.78 is 34.2. The average molecular weight is 528 g/mol. The van der Waals surface area contributed by atoms with Crippen molar-refractivity contribution in [2.24, 2.45) is 0 Å². The number of nitrogens with zero attached hydrogens (tertiary/aromatic N) is 4. The van der Waals surface area contributed by atoms with Gasteiger partial charge in [-0.1, -0.05) is 12.8 Å². The summed E-state index contributed by atoms with van der Waals surface area (Å²) in [5, 5.41) is 29.2. The van der Waals surface area contributed by atoms with Gasteiger partial charge in [-0.2, -0.15) is 4.98 Å². The van der Waals surface area contributed by atoms with Crippen LogP contribution in [0.25, 0.3) is 5.65 Å². The first kappa shape index (κ1) is 24.9. The van der Waals surface area contributed by atoms with Gasteiger partial charge in [0.05, 0.1) is 25.1 Å². The summed E-state index contributed by atoms with van der Waals surface area (Å²) in [4.78, 5) is 35.8. The Morgan fingerprint density at radius 1 is 1.30 bits per heavy atom. The molecule has 0 bridgehead atoms. The zero-order valence-electron chi connectivity index (χ0n) is 17.2. The molecule has 1 aliphatic carbocycles. The van der Waals surface area contributed by atoms with Crippen LogP contribution in [0.3, 0.4) is 0 Å². The number of aromatic nitrogens is 4. The van der Waals surface area contributed by atoms with Crippen LogP contribution >= 0.6 is 26.8 Å². The summed E-state index contributed by atoms with van der Waals surface area (Å²) in [6.45, 7) is -1.13. The van der Waals surface area contributed by atoms with E-state index in [4.69, 9.17) is 30.6 Å². The van der Waals surface area contributed by atoms with Crippen LogP contribution in [-0.2, 0) is 24.0 Å². The third-order valence-electron chi connectivity index (χ3n) is 5.64. The molecule has 14 nitrogen and oxygen atoms in total. The van der Waals surface area contributed by atoms with Gasteiger partial charge in [-0.25, -0.2) is 9.50 Å². The molecular weight excluding hydrogens is 504 g/mol. The number of nitrogens with one attached hydrogen (secondary N) is 1. The average Bonchev–Trinajstić information content (AvgIpc) is 3.40. The standard InChI is InChI=1S/C16H24ClN5O9P2/c17-15-20-13(19-9-3-1-2-4-9)14-18-5-11(22(14)21-15)16(24)7-30-10(12(16)23)6-31-33(28,29)8-32(25,26)27/h5,9-10,12,23-24H,1-4,6-8H2,(H,28,29)(H,19,20,21)(H2,25,26,27)/t10-,12?,16?/m1/s1. The predicted molar refractivity (Wildman–Crippen MR) is 114 cm³/mol. The van der Waals surface area contributed by atoms with Gasteiger partial charge in [-0.05, 0) is 24.4 Å². The van der Waals surface area contributed by atoms with Gasteiger partial charge >= 0.3 is 15.2 Å². The third kappa shape index (κ3) is 5.40. The van der Waals surface area contributed by atoms with E-state index in [-0.39, 0.29) is 22.7 Å². The van der Waals surface area contributed by atoms with Gasteiger partial charge in [-0.15, -0.1) is 5.10 Å². The number of hydrogen-bond donors (Lipinski definition) is 6. The summed E-state index contributed by atoms with van der Waals surface area (Å²) >= 11 is 6.08. The van der Waals surface area contributed by atoms with Gasteiger partial charge in [0.15, 0.2) is 23.0 Å². The Kier molecular flexibility index (Phi) is 6.89. The normalized spacial score (nSPS) is 28.4. The molecule has 2 aliphatic rings. The fourth-order valence-corrected chi connectivity index (χ4v) is 6.79. The van der Waals surface area contributed by atoms with Gasteiger partial charge in [0.2, 0.25) is 5.28 Å². The summed E-state index contributed by atoms with van der Waals surface area (Å²) in [5.41, 5.74) is -1.70. The first-order valence-electron chi connectivity index (χ1n) is 10.1. The predicted octanol–water partition coefficient (Wildman–Crippen LogP) is 0.417. The molecule has 4 atom stereocenters. The van der Waals surface area contributed by atoms with Crippen LogP contribution in [0.2, 0.25) is 5.28 Å². The Bertz CT molecular complexity index is 1120. The van der Waals surface area contributed by atoms with Gasteiger partial charge in [0.25, 0.3) is 0 Å². The highest BCUT2D eigenvalue weighted by molar-refractivity contribution is 7.70. The molecule has 1 saturated heterocycles. The van der Waals surface area contributed by atoms with E-state index in [1.165, 1.54) is 10.7 Å². The smallest absolute Gasteiger partial charge is 0.340 e. The summed E-state index contributed by atoms with van der Waals surface area (Å²) in [6, 6.07) is 0.201. The van der Waals surface area contributed by atoms with Gasteiger partial charge in [0.1, 0.15) is 12.2 Å². The molecule has 2 aromatic heterocycles. The number of anilines is 1. The number of imidazole rings is 1.